The van der Waals surface area contributed by atoms with E-state index < -0.39 is 20.3 Å². The van der Waals surface area contributed by atoms with Gasteiger partial charge in [-0.2, -0.15) is 5.26 Å². The summed E-state index contributed by atoms with van der Waals surface area (Å²) in [6.45, 7) is 4.68. The standard InChI is InChI=1S/C37H49B3NO9P/c1-25(2)47-31-21-35(38)48-34(31)24-46-51(45-20-8-19-41)50-32-22-36(40-39)49-33(32)23-44-37(26-9-6-5-7-10-26,27-11-15-29(42-3)16-12-27)28-13-17-30(43-4)18-14-28/h5-7,9-18,25,31-36,40H,8,20-24,38-39H2,1-4H3/t31?,32?,33-,34-,35-,36-,51?/m1/s1. The topological polar surface area (TPSA) is 107 Å². The van der Waals surface area contributed by atoms with E-state index in [2.05, 4.69) is 25.9 Å². The van der Waals surface area contributed by atoms with Crippen molar-refractivity contribution in [3.8, 4) is 17.6 Å². The van der Waals surface area contributed by atoms with Gasteiger partial charge in [0.25, 0.3) is 0 Å². The van der Waals surface area contributed by atoms with Gasteiger partial charge in [-0.1, -0.05) is 54.6 Å². The summed E-state index contributed by atoms with van der Waals surface area (Å²) in [5.74, 6) is 1.50. The Morgan fingerprint density at radius 1 is 0.843 bits per heavy atom. The molecule has 270 valence electrons. The number of nitriles is 1. The van der Waals surface area contributed by atoms with Crippen molar-refractivity contribution in [3.63, 3.8) is 0 Å². The van der Waals surface area contributed by atoms with Crippen LogP contribution in [0.3, 0.4) is 0 Å². The van der Waals surface area contributed by atoms with Crippen LogP contribution in [0, 0.1) is 11.3 Å². The molecule has 10 nitrogen and oxygen atoms in total. The van der Waals surface area contributed by atoms with Gasteiger partial charge in [0.15, 0.2) is 0 Å². The second-order valence-corrected chi connectivity index (χ2v) is 14.3. The highest BCUT2D eigenvalue weighted by Gasteiger charge is 2.43. The first kappa shape index (κ1) is 39.3. The minimum Gasteiger partial charge on any atom is -0.497 e. The van der Waals surface area contributed by atoms with Crippen LogP contribution < -0.4 is 9.47 Å². The molecule has 2 fully saturated rings. The predicted octanol–water partition coefficient (Wildman–Crippen LogP) is 4.21. The highest BCUT2D eigenvalue weighted by atomic mass is 31.2. The smallest absolute Gasteiger partial charge is 0.333 e. The number of hydrogen-bond acceptors (Lipinski definition) is 10. The molecule has 5 rings (SSSR count). The molecule has 2 heterocycles. The Labute approximate surface area is 306 Å². The summed E-state index contributed by atoms with van der Waals surface area (Å²) < 4.78 is 56.0. The van der Waals surface area contributed by atoms with Gasteiger partial charge in [0, 0.05) is 12.0 Å². The van der Waals surface area contributed by atoms with Gasteiger partial charge in [-0.15, -0.1) is 0 Å². The molecule has 0 amide bonds. The highest BCUT2D eigenvalue weighted by molar-refractivity contribution is 7.41. The monoisotopic (exact) mass is 715 g/mol. The number of nitrogens with zero attached hydrogens (tertiary/aromatic N) is 1. The SMILES string of the molecule is BB[C@H]1CC(OP(OCCC#N)OC[C@H]2O[C@@H](B)CC2OC(C)C)[C@@H](COC(c2ccccc2)(c2ccc(OC)cc2)c2ccc(OC)cc2)O1. The van der Waals surface area contributed by atoms with E-state index in [0.717, 1.165) is 41.8 Å². The van der Waals surface area contributed by atoms with Crippen LogP contribution in [-0.4, -0.2) is 99.3 Å². The molecule has 2 saturated heterocycles. The van der Waals surface area contributed by atoms with Crippen molar-refractivity contribution in [2.45, 2.75) is 81.2 Å². The van der Waals surface area contributed by atoms with E-state index in [1.165, 1.54) is 0 Å². The van der Waals surface area contributed by atoms with E-state index in [9.17, 15) is 5.26 Å². The average molecular weight is 715 g/mol. The summed E-state index contributed by atoms with van der Waals surface area (Å²) in [4.78, 5) is 0. The zero-order chi connectivity index (χ0) is 36.2. The molecule has 0 bridgehead atoms. The maximum Gasteiger partial charge on any atom is 0.333 e. The zero-order valence-electron chi connectivity index (χ0n) is 30.6. The van der Waals surface area contributed by atoms with Crippen LogP contribution in [0.25, 0.3) is 0 Å². The van der Waals surface area contributed by atoms with E-state index in [0.29, 0.717) is 6.42 Å². The molecule has 14 heteroatoms. The Morgan fingerprint density at radius 3 is 2.02 bits per heavy atom. The van der Waals surface area contributed by atoms with Gasteiger partial charge in [0.05, 0.1) is 72.6 Å². The number of ether oxygens (including phenoxy) is 6. The van der Waals surface area contributed by atoms with E-state index in [-0.39, 0.29) is 62.7 Å². The Morgan fingerprint density at radius 2 is 1.45 bits per heavy atom. The molecule has 3 aromatic carbocycles. The van der Waals surface area contributed by atoms with Crippen molar-refractivity contribution in [1.29, 1.82) is 5.26 Å². The number of benzene rings is 3. The number of rotatable bonds is 19. The molecule has 3 unspecified atom stereocenters. The van der Waals surface area contributed by atoms with Crippen LogP contribution in [0.15, 0.2) is 78.9 Å². The summed E-state index contributed by atoms with van der Waals surface area (Å²) >= 11 is 0. The molecule has 0 saturated carbocycles. The van der Waals surface area contributed by atoms with Gasteiger partial charge in [-0.3, -0.25) is 0 Å². The van der Waals surface area contributed by atoms with Crippen LogP contribution in [0.2, 0.25) is 0 Å². The molecule has 0 aliphatic carbocycles. The fourth-order valence-corrected chi connectivity index (χ4v) is 7.82. The Kier molecular flexibility index (Phi) is 14.8. The average Bonchev–Trinajstić information content (AvgIpc) is 3.72. The molecule has 7 atom stereocenters. The molecule has 3 aromatic rings. The maximum absolute atomic E-state index is 9.22. The quantitative estimate of drug-likeness (QED) is 0.0776. The molecule has 0 aromatic heterocycles. The van der Waals surface area contributed by atoms with Crippen LogP contribution in [0.5, 0.6) is 11.5 Å². The molecule has 0 radical (unpaired) electrons. The normalized spacial score (nSPS) is 23.9. The van der Waals surface area contributed by atoms with E-state index in [1.807, 2.05) is 88.4 Å². The van der Waals surface area contributed by atoms with Crippen molar-refractivity contribution < 1.29 is 42.0 Å². The predicted molar refractivity (Wildman–Crippen MR) is 203 cm³/mol. The molecule has 2 aliphatic rings. The lowest BCUT2D eigenvalue weighted by Gasteiger charge is -2.37. The summed E-state index contributed by atoms with van der Waals surface area (Å²) in [5.41, 5.74) is 1.80. The van der Waals surface area contributed by atoms with E-state index in [1.54, 1.807) is 14.2 Å². The molecule has 51 heavy (non-hydrogen) atoms. The molecule has 2 aliphatic heterocycles. The molecular formula is C37H49B3NO9P. The Bertz CT molecular complexity index is 1470. The lowest BCUT2D eigenvalue weighted by atomic mass is 9.51. The molecule has 0 N–H and O–H groups in total. The Hall–Kier alpha value is -2.91. The minimum atomic E-state index is -1.84. The van der Waals surface area contributed by atoms with Gasteiger partial charge in [-0.05, 0) is 67.6 Å². The van der Waals surface area contributed by atoms with Gasteiger partial charge >= 0.3 is 8.60 Å². The number of methoxy groups -OCH3 is 2. The van der Waals surface area contributed by atoms with Crippen molar-refractivity contribution in [2.75, 3.05) is 34.0 Å². The maximum atomic E-state index is 9.22. The largest absolute Gasteiger partial charge is 0.497 e. The first-order valence-corrected chi connectivity index (χ1v) is 18.9. The van der Waals surface area contributed by atoms with Gasteiger partial charge in [0.1, 0.15) is 44.3 Å². The third-order valence-corrected chi connectivity index (χ3v) is 10.4. The Balaban J connectivity index is 1.42. The molecular weight excluding hydrogens is 666 g/mol. The van der Waals surface area contributed by atoms with Crippen LogP contribution in [0.1, 0.15) is 49.8 Å². The fraction of sp³-hybridized carbons (Fsp3) is 0.486. The summed E-state index contributed by atoms with van der Waals surface area (Å²) in [7, 11) is 6.43. The first-order chi connectivity index (χ1) is 24.8. The second-order valence-electron chi connectivity index (χ2n) is 13.1. The minimum absolute atomic E-state index is 0.0320. The summed E-state index contributed by atoms with van der Waals surface area (Å²) in [6, 6.07) is 28.3. The van der Waals surface area contributed by atoms with Crippen LogP contribution in [-0.2, 0) is 38.1 Å². The van der Waals surface area contributed by atoms with Crippen molar-refractivity contribution in [1.82, 2.24) is 0 Å². The fourth-order valence-electron chi connectivity index (χ4n) is 6.67. The zero-order valence-corrected chi connectivity index (χ0v) is 31.5. The first-order valence-electron chi connectivity index (χ1n) is 17.8. The summed E-state index contributed by atoms with van der Waals surface area (Å²) in [5, 5.41) is 9.22. The van der Waals surface area contributed by atoms with E-state index >= 15 is 0 Å². The van der Waals surface area contributed by atoms with Crippen LogP contribution in [0.4, 0.5) is 0 Å². The van der Waals surface area contributed by atoms with Gasteiger partial charge in [-0.25, -0.2) is 0 Å². The molecule has 0 spiro atoms. The van der Waals surface area contributed by atoms with Crippen molar-refractivity contribution in [2.24, 2.45) is 0 Å². The lowest BCUT2D eigenvalue weighted by molar-refractivity contribution is -0.0755. The van der Waals surface area contributed by atoms with Crippen molar-refractivity contribution in [3.05, 3.63) is 95.6 Å². The second kappa shape index (κ2) is 19.3. The highest BCUT2D eigenvalue weighted by Crippen LogP contribution is 2.47. The third-order valence-electron chi connectivity index (χ3n) is 9.18. The number of hydrogen-bond donors (Lipinski definition) is 0. The van der Waals surface area contributed by atoms with E-state index in [4.69, 9.17) is 42.0 Å². The lowest BCUT2D eigenvalue weighted by Crippen LogP contribution is -2.38. The van der Waals surface area contributed by atoms with Crippen molar-refractivity contribution >= 4 is 31.4 Å². The van der Waals surface area contributed by atoms with Crippen LogP contribution >= 0.6 is 8.60 Å². The van der Waals surface area contributed by atoms with Gasteiger partial charge in [0.2, 0.25) is 0 Å². The summed E-state index contributed by atoms with van der Waals surface area (Å²) in [6.07, 6.45) is 0.579. The van der Waals surface area contributed by atoms with Gasteiger partial charge < -0.3 is 42.0 Å². The third kappa shape index (κ3) is 10.2.